The lowest BCUT2D eigenvalue weighted by Crippen LogP contribution is -2.03. The predicted molar refractivity (Wildman–Crippen MR) is 77.8 cm³/mol. The molecule has 0 saturated heterocycles. The first-order chi connectivity index (χ1) is 9.28. The molecular weight excluding hydrogens is 236 g/mol. The van der Waals surface area contributed by atoms with Crippen molar-refractivity contribution in [1.29, 1.82) is 0 Å². The smallest absolute Gasteiger partial charge is 0.122 e. The average molecular weight is 252 g/mol. The van der Waals surface area contributed by atoms with Crippen LogP contribution >= 0.6 is 0 Å². The minimum atomic E-state index is 0.752. The molecule has 3 heteroatoms. The maximum atomic E-state index is 5.82. The first kappa shape index (κ1) is 11.8. The number of allylic oxidation sites excluding steroid dienone is 1. The Kier molecular flexibility index (Phi) is 2.95. The van der Waals surface area contributed by atoms with Crippen LogP contribution in [0.25, 0.3) is 11.6 Å². The predicted octanol–water partition coefficient (Wildman–Crippen LogP) is 3.16. The summed E-state index contributed by atoms with van der Waals surface area (Å²) in [6.45, 7) is 0. The fourth-order valence-corrected chi connectivity index (χ4v) is 2.52. The Morgan fingerprint density at radius 3 is 2.89 bits per heavy atom. The lowest BCUT2D eigenvalue weighted by molar-refractivity contribution is 0.409. The Hall–Kier alpha value is -2.29. The third-order valence-corrected chi connectivity index (χ3v) is 3.48. The van der Waals surface area contributed by atoms with E-state index in [0.29, 0.717) is 0 Å². The van der Waals surface area contributed by atoms with Gasteiger partial charge in [-0.05, 0) is 48.3 Å². The average Bonchev–Trinajstić information content (AvgIpc) is 2.46. The van der Waals surface area contributed by atoms with Gasteiger partial charge < -0.3 is 10.5 Å². The van der Waals surface area contributed by atoms with Crippen LogP contribution in [0.15, 0.2) is 36.5 Å². The van der Waals surface area contributed by atoms with Gasteiger partial charge in [0.25, 0.3) is 0 Å². The van der Waals surface area contributed by atoms with Crippen LogP contribution in [0.4, 0.5) is 5.69 Å². The first-order valence-corrected chi connectivity index (χ1v) is 6.36. The molecule has 1 aliphatic carbocycles. The van der Waals surface area contributed by atoms with Crippen molar-refractivity contribution >= 4 is 17.3 Å². The minimum absolute atomic E-state index is 0.752. The number of ether oxygens (including phenoxy) is 1. The number of aromatic nitrogens is 1. The summed E-state index contributed by atoms with van der Waals surface area (Å²) in [4.78, 5) is 4.40. The highest BCUT2D eigenvalue weighted by atomic mass is 16.5. The summed E-state index contributed by atoms with van der Waals surface area (Å²) in [6.07, 6.45) is 5.88. The van der Waals surface area contributed by atoms with Crippen molar-refractivity contribution in [3.8, 4) is 5.75 Å². The molecule has 0 radical (unpaired) electrons. The Balaban J connectivity index is 2.04. The number of nitrogens with two attached hydrogens (primary N) is 1. The van der Waals surface area contributed by atoms with E-state index in [1.807, 2.05) is 24.3 Å². The van der Waals surface area contributed by atoms with Crippen LogP contribution in [-0.2, 0) is 6.42 Å². The number of hydrogen-bond donors (Lipinski definition) is 1. The normalized spacial score (nSPS) is 13.6. The number of methoxy groups -OCH3 is 1. The van der Waals surface area contributed by atoms with Gasteiger partial charge in [-0.15, -0.1) is 0 Å². The zero-order valence-electron chi connectivity index (χ0n) is 10.9. The maximum Gasteiger partial charge on any atom is 0.122 e. The lowest BCUT2D eigenvalue weighted by atomic mass is 9.90. The second-order valence-electron chi connectivity index (χ2n) is 4.67. The molecule has 96 valence electrons. The van der Waals surface area contributed by atoms with E-state index in [-0.39, 0.29) is 0 Å². The number of benzene rings is 1. The van der Waals surface area contributed by atoms with Gasteiger partial charge in [-0.2, -0.15) is 0 Å². The van der Waals surface area contributed by atoms with E-state index in [4.69, 9.17) is 10.5 Å². The van der Waals surface area contributed by atoms with Crippen LogP contribution in [0.5, 0.6) is 5.75 Å². The Bertz CT molecular complexity index is 647. The van der Waals surface area contributed by atoms with E-state index in [1.54, 1.807) is 13.3 Å². The maximum absolute atomic E-state index is 5.82. The largest absolute Gasteiger partial charge is 0.496 e. The van der Waals surface area contributed by atoms with E-state index in [1.165, 1.54) is 16.7 Å². The molecule has 19 heavy (non-hydrogen) atoms. The molecule has 1 heterocycles. The molecule has 1 aromatic carbocycles. The van der Waals surface area contributed by atoms with E-state index in [0.717, 1.165) is 30.0 Å². The number of hydrogen-bond acceptors (Lipinski definition) is 3. The zero-order valence-corrected chi connectivity index (χ0v) is 10.9. The fraction of sp³-hybridized carbons (Fsp3) is 0.188. The molecule has 3 nitrogen and oxygen atoms in total. The third-order valence-electron chi connectivity index (χ3n) is 3.48. The molecule has 0 spiro atoms. The summed E-state index contributed by atoms with van der Waals surface area (Å²) < 4.78 is 5.41. The van der Waals surface area contributed by atoms with E-state index < -0.39 is 0 Å². The highest BCUT2D eigenvalue weighted by Gasteiger charge is 2.15. The molecule has 0 saturated carbocycles. The molecule has 1 aliphatic rings. The van der Waals surface area contributed by atoms with Crippen LogP contribution in [0.3, 0.4) is 0 Å². The van der Waals surface area contributed by atoms with Crippen molar-refractivity contribution in [1.82, 2.24) is 4.98 Å². The van der Waals surface area contributed by atoms with E-state index >= 15 is 0 Å². The summed E-state index contributed by atoms with van der Waals surface area (Å²) in [5.74, 6) is 0.966. The van der Waals surface area contributed by atoms with Crippen LogP contribution in [0.2, 0.25) is 0 Å². The van der Waals surface area contributed by atoms with Crippen molar-refractivity contribution in [3.05, 3.63) is 53.3 Å². The minimum Gasteiger partial charge on any atom is -0.496 e. The first-order valence-electron chi connectivity index (χ1n) is 6.36. The molecular formula is C16H16N2O. The van der Waals surface area contributed by atoms with E-state index in [2.05, 4.69) is 17.1 Å². The molecule has 0 amide bonds. The van der Waals surface area contributed by atoms with Crippen molar-refractivity contribution in [2.75, 3.05) is 12.8 Å². The number of pyridine rings is 1. The Morgan fingerprint density at radius 2 is 2.11 bits per heavy atom. The molecule has 0 atom stereocenters. The lowest BCUT2D eigenvalue weighted by Gasteiger charge is -2.18. The van der Waals surface area contributed by atoms with Gasteiger partial charge in [0, 0.05) is 17.4 Å². The molecule has 0 aliphatic heterocycles. The van der Waals surface area contributed by atoms with Gasteiger partial charge in [0.1, 0.15) is 5.75 Å². The SMILES string of the molecule is COc1cccc2c1CCC(c1cc(N)ccn1)=C2. The molecule has 0 fully saturated rings. The quantitative estimate of drug-likeness (QED) is 0.893. The second kappa shape index (κ2) is 4.76. The number of nitrogen functional groups attached to an aromatic ring is 1. The second-order valence-corrected chi connectivity index (χ2v) is 4.67. The number of fused-ring (bicyclic) bond motifs is 1. The van der Waals surface area contributed by atoms with Crippen molar-refractivity contribution in [2.24, 2.45) is 0 Å². The van der Waals surface area contributed by atoms with Crippen molar-refractivity contribution in [2.45, 2.75) is 12.8 Å². The van der Waals surface area contributed by atoms with Gasteiger partial charge in [0.05, 0.1) is 12.8 Å². The monoisotopic (exact) mass is 252 g/mol. The van der Waals surface area contributed by atoms with E-state index in [9.17, 15) is 0 Å². The van der Waals surface area contributed by atoms with Crippen LogP contribution in [0.1, 0.15) is 23.2 Å². The van der Waals surface area contributed by atoms with Gasteiger partial charge >= 0.3 is 0 Å². The molecule has 1 aromatic heterocycles. The third kappa shape index (κ3) is 2.19. The van der Waals surface area contributed by atoms with Gasteiger partial charge in [-0.25, -0.2) is 0 Å². The molecule has 0 bridgehead atoms. The zero-order chi connectivity index (χ0) is 13.2. The summed E-state index contributed by atoms with van der Waals surface area (Å²) in [6, 6.07) is 9.88. The van der Waals surface area contributed by atoms with Crippen LogP contribution < -0.4 is 10.5 Å². The summed E-state index contributed by atoms with van der Waals surface area (Å²) in [5.41, 5.74) is 11.3. The number of rotatable bonds is 2. The van der Waals surface area contributed by atoms with Crippen molar-refractivity contribution < 1.29 is 4.74 Å². The Morgan fingerprint density at radius 1 is 1.21 bits per heavy atom. The molecule has 3 rings (SSSR count). The topological polar surface area (TPSA) is 48.1 Å². The summed E-state index contributed by atoms with van der Waals surface area (Å²) in [5, 5.41) is 0. The standard InChI is InChI=1S/C16H16N2O/c1-19-16-4-2-3-11-9-12(5-6-14(11)16)15-10-13(17)7-8-18-15/h2-4,7-10H,5-6H2,1H3,(H2,17,18). The summed E-state index contributed by atoms with van der Waals surface area (Å²) in [7, 11) is 1.72. The van der Waals surface area contributed by atoms with Crippen LogP contribution in [0, 0.1) is 0 Å². The van der Waals surface area contributed by atoms with Gasteiger partial charge in [-0.3, -0.25) is 4.98 Å². The molecule has 2 N–H and O–H groups in total. The molecule has 2 aromatic rings. The number of nitrogens with zero attached hydrogens (tertiary/aromatic N) is 1. The highest BCUT2D eigenvalue weighted by Crippen LogP contribution is 2.34. The highest BCUT2D eigenvalue weighted by molar-refractivity contribution is 5.84. The molecule has 0 unspecified atom stereocenters. The van der Waals surface area contributed by atoms with Crippen LogP contribution in [-0.4, -0.2) is 12.1 Å². The van der Waals surface area contributed by atoms with Gasteiger partial charge in [0.15, 0.2) is 0 Å². The van der Waals surface area contributed by atoms with Crippen molar-refractivity contribution in [3.63, 3.8) is 0 Å². The summed E-state index contributed by atoms with van der Waals surface area (Å²) >= 11 is 0. The van der Waals surface area contributed by atoms with Gasteiger partial charge in [0.2, 0.25) is 0 Å². The Labute approximate surface area is 112 Å². The van der Waals surface area contributed by atoms with Gasteiger partial charge in [-0.1, -0.05) is 12.1 Å². The number of anilines is 1. The fourth-order valence-electron chi connectivity index (χ4n) is 2.52.